The lowest BCUT2D eigenvalue weighted by atomic mass is 10.1. The molecular formula is C31H38N2O7. The number of carbonyl (C=O) groups is 2. The molecule has 0 aliphatic carbocycles. The number of hydrogen-bond acceptors (Lipinski definition) is 7. The van der Waals surface area contributed by atoms with Crippen molar-refractivity contribution in [2.24, 2.45) is 0 Å². The third kappa shape index (κ3) is 7.81. The maximum Gasteiger partial charge on any atom is 0.242 e. The van der Waals surface area contributed by atoms with E-state index in [-0.39, 0.29) is 24.8 Å². The number of nitrogens with one attached hydrogen (secondary N) is 1. The van der Waals surface area contributed by atoms with E-state index in [2.05, 4.69) is 5.32 Å². The first kappa shape index (κ1) is 30.1. The third-order valence-corrected chi connectivity index (χ3v) is 6.64. The van der Waals surface area contributed by atoms with Crippen molar-refractivity contribution in [1.82, 2.24) is 10.2 Å². The number of rotatable bonds is 14. The monoisotopic (exact) mass is 550 g/mol. The molecule has 2 amide bonds. The first-order valence-corrected chi connectivity index (χ1v) is 12.9. The Morgan fingerprint density at radius 3 is 1.77 bits per heavy atom. The van der Waals surface area contributed by atoms with E-state index in [9.17, 15) is 9.59 Å². The van der Waals surface area contributed by atoms with E-state index >= 15 is 0 Å². The molecule has 214 valence electrons. The number of nitrogens with zero attached hydrogens (tertiary/aromatic N) is 1. The number of hydrogen-bond donors (Lipinski definition) is 1. The van der Waals surface area contributed by atoms with Crippen molar-refractivity contribution in [2.45, 2.75) is 32.4 Å². The summed E-state index contributed by atoms with van der Waals surface area (Å²) < 4.78 is 26.6. The Bertz CT molecular complexity index is 1280. The van der Waals surface area contributed by atoms with Crippen LogP contribution in [0.4, 0.5) is 0 Å². The van der Waals surface area contributed by atoms with E-state index < -0.39 is 6.04 Å². The Hall–Kier alpha value is -4.40. The van der Waals surface area contributed by atoms with E-state index in [0.29, 0.717) is 41.7 Å². The predicted octanol–water partition coefficient (Wildman–Crippen LogP) is 4.05. The van der Waals surface area contributed by atoms with Crippen LogP contribution in [0.5, 0.6) is 28.7 Å². The van der Waals surface area contributed by atoms with Gasteiger partial charge in [-0.25, -0.2) is 0 Å². The average molecular weight is 551 g/mol. The van der Waals surface area contributed by atoms with Gasteiger partial charge in [-0.2, -0.15) is 0 Å². The fourth-order valence-corrected chi connectivity index (χ4v) is 4.29. The summed E-state index contributed by atoms with van der Waals surface area (Å²) in [5.74, 6) is 2.68. The summed E-state index contributed by atoms with van der Waals surface area (Å²) in [7, 11) is 7.88. The van der Waals surface area contributed by atoms with Crippen molar-refractivity contribution in [3.63, 3.8) is 0 Å². The van der Waals surface area contributed by atoms with Crippen LogP contribution in [0, 0.1) is 0 Å². The van der Waals surface area contributed by atoms with E-state index in [0.717, 1.165) is 16.7 Å². The first-order chi connectivity index (χ1) is 19.3. The molecule has 1 N–H and O–H groups in total. The van der Waals surface area contributed by atoms with Crippen molar-refractivity contribution < 1.29 is 33.3 Å². The Morgan fingerprint density at radius 2 is 1.23 bits per heavy atom. The van der Waals surface area contributed by atoms with E-state index in [4.69, 9.17) is 23.7 Å². The summed E-state index contributed by atoms with van der Waals surface area (Å²) in [6, 6.07) is 17.7. The highest BCUT2D eigenvalue weighted by atomic mass is 16.5. The van der Waals surface area contributed by atoms with E-state index in [1.807, 2.05) is 48.5 Å². The second-order valence-electron chi connectivity index (χ2n) is 9.14. The van der Waals surface area contributed by atoms with Gasteiger partial charge in [0.2, 0.25) is 11.8 Å². The Morgan fingerprint density at radius 1 is 0.700 bits per heavy atom. The minimum absolute atomic E-state index is 0.0970. The summed E-state index contributed by atoms with van der Waals surface area (Å²) in [4.78, 5) is 28.4. The first-order valence-electron chi connectivity index (χ1n) is 12.9. The molecule has 9 heteroatoms. The van der Waals surface area contributed by atoms with Gasteiger partial charge in [-0.3, -0.25) is 9.59 Å². The molecule has 40 heavy (non-hydrogen) atoms. The lowest BCUT2D eigenvalue weighted by Gasteiger charge is -2.29. The minimum Gasteiger partial charge on any atom is -0.497 e. The lowest BCUT2D eigenvalue weighted by Crippen LogP contribution is -2.48. The van der Waals surface area contributed by atoms with Crippen LogP contribution in [-0.4, -0.2) is 64.8 Å². The van der Waals surface area contributed by atoms with Crippen LogP contribution in [0.1, 0.15) is 23.6 Å². The van der Waals surface area contributed by atoms with Gasteiger partial charge in [0.25, 0.3) is 0 Å². The van der Waals surface area contributed by atoms with Crippen LogP contribution in [0.3, 0.4) is 0 Å². The van der Waals surface area contributed by atoms with Crippen molar-refractivity contribution in [2.75, 3.05) is 42.1 Å². The summed E-state index contributed by atoms with van der Waals surface area (Å²) in [6.45, 7) is 2.40. The highest BCUT2D eigenvalue weighted by Gasteiger charge is 2.26. The SMILES string of the molecule is COc1ccc(CN(C(=O)Cc2ccc(OC)c(OC)c2)C(C)C(=O)NCCc2ccc(OC)c(OC)c2)cc1. The molecule has 0 spiro atoms. The van der Waals surface area contributed by atoms with Crippen LogP contribution in [0.2, 0.25) is 0 Å². The molecule has 0 aliphatic heterocycles. The Balaban J connectivity index is 1.73. The highest BCUT2D eigenvalue weighted by molar-refractivity contribution is 5.88. The van der Waals surface area contributed by atoms with Crippen LogP contribution < -0.4 is 29.0 Å². The molecule has 0 radical (unpaired) electrons. The molecule has 3 aromatic rings. The molecule has 0 bridgehead atoms. The van der Waals surface area contributed by atoms with Gasteiger partial charge in [-0.1, -0.05) is 24.3 Å². The van der Waals surface area contributed by atoms with Gasteiger partial charge in [0.05, 0.1) is 42.0 Å². The molecule has 0 aromatic heterocycles. The number of amides is 2. The van der Waals surface area contributed by atoms with Crippen molar-refractivity contribution in [1.29, 1.82) is 0 Å². The molecular weight excluding hydrogens is 512 g/mol. The third-order valence-electron chi connectivity index (χ3n) is 6.64. The maximum atomic E-state index is 13.6. The average Bonchev–Trinajstić information content (AvgIpc) is 2.99. The molecule has 0 fully saturated rings. The number of benzene rings is 3. The van der Waals surface area contributed by atoms with Gasteiger partial charge in [-0.05, 0) is 66.4 Å². The van der Waals surface area contributed by atoms with Gasteiger partial charge < -0.3 is 33.9 Å². The number of ether oxygens (including phenoxy) is 5. The zero-order valence-electron chi connectivity index (χ0n) is 24.0. The molecule has 0 heterocycles. The quantitative estimate of drug-likeness (QED) is 0.324. The maximum absolute atomic E-state index is 13.6. The molecule has 0 saturated heterocycles. The molecule has 1 unspecified atom stereocenters. The van der Waals surface area contributed by atoms with Gasteiger partial charge in [-0.15, -0.1) is 0 Å². The van der Waals surface area contributed by atoms with Crippen molar-refractivity contribution in [3.8, 4) is 28.7 Å². The summed E-state index contributed by atoms with van der Waals surface area (Å²) in [5, 5.41) is 2.97. The fourth-order valence-electron chi connectivity index (χ4n) is 4.29. The second kappa shape index (κ2) is 14.7. The van der Waals surface area contributed by atoms with Gasteiger partial charge in [0, 0.05) is 13.1 Å². The summed E-state index contributed by atoms with van der Waals surface area (Å²) in [5.41, 5.74) is 2.63. The van der Waals surface area contributed by atoms with Crippen LogP contribution in [-0.2, 0) is 29.0 Å². The number of carbonyl (C=O) groups excluding carboxylic acids is 2. The highest BCUT2D eigenvalue weighted by Crippen LogP contribution is 2.29. The minimum atomic E-state index is -0.708. The normalized spacial score (nSPS) is 11.2. The fraction of sp³-hybridized carbons (Fsp3) is 0.355. The molecule has 0 saturated carbocycles. The Kier molecular flexibility index (Phi) is 11.1. The van der Waals surface area contributed by atoms with Gasteiger partial charge >= 0.3 is 0 Å². The largest absolute Gasteiger partial charge is 0.497 e. The van der Waals surface area contributed by atoms with E-state index in [1.54, 1.807) is 59.5 Å². The standard InChI is InChI=1S/C31H38N2O7/c1-21(31(35)32-16-15-22-9-13-26(37-3)28(17-22)39-5)33(20-23-7-11-25(36-2)12-8-23)30(34)19-24-10-14-27(38-4)29(18-24)40-6/h7-14,17-18,21H,15-16,19-20H2,1-6H3,(H,32,35). The van der Waals surface area contributed by atoms with Crippen LogP contribution in [0.25, 0.3) is 0 Å². The van der Waals surface area contributed by atoms with Gasteiger partial charge in [0.1, 0.15) is 11.8 Å². The zero-order valence-corrected chi connectivity index (χ0v) is 24.0. The second-order valence-corrected chi connectivity index (χ2v) is 9.14. The molecule has 1 atom stereocenters. The zero-order chi connectivity index (χ0) is 29.1. The molecule has 0 aliphatic rings. The van der Waals surface area contributed by atoms with Crippen LogP contribution in [0.15, 0.2) is 60.7 Å². The smallest absolute Gasteiger partial charge is 0.242 e. The van der Waals surface area contributed by atoms with Crippen LogP contribution >= 0.6 is 0 Å². The Labute approximate surface area is 235 Å². The van der Waals surface area contributed by atoms with Gasteiger partial charge in [0.15, 0.2) is 23.0 Å². The molecule has 9 nitrogen and oxygen atoms in total. The molecule has 3 rings (SSSR count). The lowest BCUT2D eigenvalue weighted by molar-refractivity contribution is -0.140. The van der Waals surface area contributed by atoms with Crippen molar-refractivity contribution >= 4 is 11.8 Å². The van der Waals surface area contributed by atoms with E-state index in [1.165, 1.54) is 0 Å². The predicted molar refractivity (Wildman–Crippen MR) is 153 cm³/mol. The van der Waals surface area contributed by atoms with Crippen molar-refractivity contribution in [3.05, 3.63) is 77.4 Å². The number of methoxy groups -OCH3 is 5. The summed E-state index contributed by atoms with van der Waals surface area (Å²) >= 11 is 0. The topological polar surface area (TPSA) is 95.6 Å². The molecule has 3 aromatic carbocycles. The summed E-state index contributed by atoms with van der Waals surface area (Å²) in [6.07, 6.45) is 0.691.